The second-order valence-electron chi connectivity index (χ2n) is 9.46. The van der Waals surface area contributed by atoms with Crippen molar-refractivity contribution in [3.8, 4) is 11.4 Å². The van der Waals surface area contributed by atoms with Crippen LogP contribution in [-0.2, 0) is 20.9 Å². The number of pyridine rings is 1. The molecule has 2 fully saturated rings. The number of carbonyl (C=O) groups is 3. The summed E-state index contributed by atoms with van der Waals surface area (Å²) in [6, 6.07) is 2.96. The summed E-state index contributed by atoms with van der Waals surface area (Å²) in [5.74, 6) is -0.168. The smallest absolute Gasteiger partial charge is 0.326 e. The number of ether oxygens (including phenoxy) is 1. The molecular formula is C22H27N5O5. The lowest BCUT2D eigenvalue weighted by Gasteiger charge is -2.40. The molecular weight excluding hydrogens is 414 g/mol. The van der Waals surface area contributed by atoms with Gasteiger partial charge in [-0.2, -0.15) is 4.98 Å². The maximum absolute atomic E-state index is 13.0. The Morgan fingerprint density at radius 3 is 2.72 bits per heavy atom. The van der Waals surface area contributed by atoms with E-state index in [4.69, 9.17) is 9.26 Å². The maximum Gasteiger partial charge on any atom is 0.326 e. The third-order valence-electron chi connectivity index (χ3n) is 6.34. The van der Waals surface area contributed by atoms with Crippen LogP contribution in [0.5, 0.6) is 0 Å². The first-order valence-electron chi connectivity index (χ1n) is 10.7. The topological polar surface area (TPSA) is 128 Å². The van der Waals surface area contributed by atoms with Crippen molar-refractivity contribution in [3.05, 3.63) is 30.4 Å². The minimum absolute atomic E-state index is 0.103. The molecule has 0 atom stereocenters. The molecule has 3 amide bonds. The van der Waals surface area contributed by atoms with Gasteiger partial charge in [-0.15, -0.1) is 0 Å². The molecule has 2 aromatic rings. The Balaban J connectivity index is 1.32. The summed E-state index contributed by atoms with van der Waals surface area (Å²) in [5, 5.41) is 6.65. The minimum atomic E-state index is -0.912. The molecule has 2 aromatic heterocycles. The van der Waals surface area contributed by atoms with E-state index in [2.05, 4.69) is 41.2 Å². The molecule has 0 bridgehead atoms. The van der Waals surface area contributed by atoms with Crippen molar-refractivity contribution in [1.29, 1.82) is 0 Å². The Kier molecular flexibility index (Phi) is 5.70. The minimum Gasteiger partial charge on any atom is -0.454 e. The number of aromatic nitrogens is 3. The summed E-state index contributed by atoms with van der Waals surface area (Å²) in [5.41, 5.74) is -0.0910. The molecule has 0 unspecified atom stereocenters. The molecule has 32 heavy (non-hydrogen) atoms. The van der Waals surface area contributed by atoms with Gasteiger partial charge in [-0.3, -0.25) is 19.5 Å². The molecule has 1 saturated carbocycles. The van der Waals surface area contributed by atoms with E-state index in [0.717, 1.165) is 17.7 Å². The highest BCUT2D eigenvalue weighted by atomic mass is 16.6. The molecule has 1 saturated heterocycles. The Morgan fingerprint density at radius 1 is 1.31 bits per heavy atom. The summed E-state index contributed by atoms with van der Waals surface area (Å²) < 4.78 is 10.2. The fourth-order valence-electron chi connectivity index (χ4n) is 4.38. The van der Waals surface area contributed by atoms with E-state index in [9.17, 15) is 14.4 Å². The zero-order chi connectivity index (χ0) is 22.9. The largest absolute Gasteiger partial charge is 0.454 e. The average molecular weight is 441 g/mol. The molecule has 1 N–H and O–H groups in total. The van der Waals surface area contributed by atoms with Crippen LogP contribution in [0.2, 0.25) is 0 Å². The first-order chi connectivity index (χ1) is 15.2. The van der Waals surface area contributed by atoms with E-state index in [1.807, 2.05) is 0 Å². The number of amides is 3. The van der Waals surface area contributed by atoms with Crippen molar-refractivity contribution in [2.24, 2.45) is 11.3 Å². The van der Waals surface area contributed by atoms with Crippen molar-refractivity contribution >= 4 is 17.9 Å². The van der Waals surface area contributed by atoms with E-state index in [-0.39, 0.29) is 23.8 Å². The Hall–Kier alpha value is -3.30. The highest BCUT2D eigenvalue weighted by Gasteiger charge is 2.53. The standard InChI is InChI=1S/C22H27N5O5/c1-21(2,3)15-6-8-22(9-7-15)19(29)27(20(30)25-22)12-17(28)31-13-16-24-18(26-32-16)14-5-4-10-23-11-14/h4-5,10-11,15H,6-9,12-13H2,1-3H3,(H,25,30). The fourth-order valence-corrected chi connectivity index (χ4v) is 4.38. The maximum atomic E-state index is 13.0. The van der Waals surface area contributed by atoms with Gasteiger partial charge in [0.15, 0.2) is 6.61 Å². The van der Waals surface area contributed by atoms with E-state index < -0.39 is 24.1 Å². The van der Waals surface area contributed by atoms with E-state index in [1.54, 1.807) is 24.5 Å². The van der Waals surface area contributed by atoms with Gasteiger partial charge >= 0.3 is 12.0 Å². The molecule has 10 heteroatoms. The van der Waals surface area contributed by atoms with Gasteiger partial charge in [-0.25, -0.2) is 4.79 Å². The molecule has 1 aliphatic heterocycles. The van der Waals surface area contributed by atoms with Crippen molar-refractivity contribution < 1.29 is 23.6 Å². The van der Waals surface area contributed by atoms with Gasteiger partial charge in [0.1, 0.15) is 12.1 Å². The van der Waals surface area contributed by atoms with Crippen LogP contribution in [0.15, 0.2) is 29.0 Å². The van der Waals surface area contributed by atoms with Gasteiger partial charge in [0, 0.05) is 18.0 Å². The molecule has 3 heterocycles. The Labute approximate surface area is 185 Å². The number of hydrogen-bond donors (Lipinski definition) is 1. The molecule has 2 aliphatic rings. The van der Waals surface area contributed by atoms with E-state index in [0.29, 0.717) is 30.1 Å². The monoisotopic (exact) mass is 441 g/mol. The number of urea groups is 1. The lowest BCUT2D eigenvalue weighted by atomic mass is 9.67. The molecule has 170 valence electrons. The third kappa shape index (κ3) is 4.35. The van der Waals surface area contributed by atoms with Crippen LogP contribution >= 0.6 is 0 Å². The van der Waals surface area contributed by atoms with E-state index in [1.165, 1.54) is 0 Å². The van der Waals surface area contributed by atoms with Crippen molar-refractivity contribution in [2.45, 2.75) is 58.6 Å². The highest BCUT2D eigenvalue weighted by molar-refractivity contribution is 6.08. The number of rotatable bonds is 5. The highest BCUT2D eigenvalue weighted by Crippen LogP contribution is 2.43. The molecule has 10 nitrogen and oxygen atoms in total. The molecule has 4 rings (SSSR count). The summed E-state index contributed by atoms with van der Waals surface area (Å²) in [4.78, 5) is 46.8. The van der Waals surface area contributed by atoms with Gasteiger partial charge in [-0.1, -0.05) is 25.9 Å². The van der Waals surface area contributed by atoms with Crippen molar-refractivity contribution in [3.63, 3.8) is 0 Å². The number of nitrogens with one attached hydrogen (secondary N) is 1. The van der Waals surface area contributed by atoms with Gasteiger partial charge in [0.25, 0.3) is 11.8 Å². The lowest BCUT2D eigenvalue weighted by molar-refractivity contribution is -0.149. The van der Waals surface area contributed by atoms with Crippen LogP contribution < -0.4 is 5.32 Å². The van der Waals surface area contributed by atoms with Crippen LogP contribution in [0.3, 0.4) is 0 Å². The number of esters is 1. The van der Waals surface area contributed by atoms with Crippen LogP contribution in [0.25, 0.3) is 11.4 Å². The van der Waals surface area contributed by atoms with Gasteiger partial charge < -0.3 is 14.6 Å². The summed E-state index contributed by atoms with van der Waals surface area (Å²) in [7, 11) is 0. The predicted molar refractivity (Wildman–Crippen MR) is 112 cm³/mol. The second-order valence-corrected chi connectivity index (χ2v) is 9.46. The van der Waals surface area contributed by atoms with E-state index >= 15 is 0 Å². The number of hydrogen-bond acceptors (Lipinski definition) is 8. The predicted octanol–water partition coefficient (Wildman–Crippen LogP) is 2.70. The number of nitrogens with zero attached hydrogens (tertiary/aromatic N) is 4. The third-order valence-corrected chi connectivity index (χ3v) is 6.34. The van der Waals surface area contributed by atoms with Crippen molar-refractivity contribution in [1.82, 2.24) is 25.3 Å². The average Bonchev–Trinajstić information content (AvgIpc) is 3.32. The second kappa shape index (κ2) is 8.33. The molecule has 1 aliphatic carbocycles. The number of carbonyl (C=O) groups excluding carboxylic acids is 3. The Morgan fingerprint density at radius 2 is 2.06 bits per heavy atom. The molecule has 0 radical (unpaired) electrons. The van der Waals surface area contributed by atoms with Crippen LogP contribution in [0, 0.1) is 11.3 Å². The Bertz CT molecular complexity index is 1010. The van der Waals surface area contributed by atoms with Gasteiger partial charge in [-0.05, 0) is 49.1 Å². The SMILES string of the molecule is CC(C)(C)C1CCC2(CC1)NC(=O)N(CC(=O)OCc1nc(-c3cccnc3)no1)C2=O. The first-order valence-corrected chi connectivity index (χ1v) is 10.7. The molecule has 0 aromatic carbocycles. The quantitative estimate of drug-likeness (QED) is 0.554. The normalized spacial score (nSPS) is 23.5. The fraction of sp³-hybridized carbons (Fsp3) is 0.545. The number of imide groups is 1. The zero-order valence-corrected chi connectivity index (χ0v) is 18.5. The van der Waals surface area contributed by atoms with Crippen LogP contribution in [-0.4, -0.2) is 50.0 Å². The van der Waals surface area contributed by atoms with Gasteiger partial charge in [0.2, 0.25) is 5.82 Å². The zero-order valence-electron chi connectivity index (χ0n) is 18.5. The lowest BCUT2D eigenvalue weighted by Crippen LogP contribution is -2.50. The summed E-state index contributed by atoms with van der Waals surface area (Å²) in [6.45, 7) is 5.86. The first kappa shape index (κ1) is 21.9. The summed E-state index contributed by atoms with van der Waals surface area (Å²) >= 11 is 0. The molecule has 1 spiro atoms. The summed E-state index contributed by atoms with van der Waals surface area (Å²) in [6.07, 6.45) is 6.06. The van der Waals surface area contributed by atoms with Crippen molar-refractivity contribution in [2.75, 3.05) is 6.54 Å². The van der Waals surface area contributed by atoms with Crippen LogP contribution in [0.1, 0.15) is 52.3 Å². The van der Waals surface area contributed by atoms with Gasteiger partial charge in [0.05, 0.1) is 0 Å². The van der Waals surface area contributed by atoms with Crippen LogP contribution in [0.4, 0.5) is 4.79 Å².